The van der Waals surface area contributed by atoms with Gasteiger partial charge >= 0.3 is 0 Å². The van der Waals surface area contributed by atoms with Gasteiger partial charge in [-0.3, -0.25) is 0 Å². The van der Waals surface area contributed by atoms with Gasteiger partial charge < -0.3 is 15.0 Å². The van der Waals surface area contributed by atoms with Crippen molar-refractivity contribution < 1.29 is 13.2 Å². The highest BCUT2D eigenvalue weighted by Gasteiger charge is 2.30. The lowest BCUT2D eigenvalue weighted by atomic mass is 9.86. The van der Waals surface area contributed by atoms with Crippen molar-refractivity contribution in [3.8, 4) is 5.75 Å². The highest BCUT2D eigenvalue weighted by Crippen LogP contribution is 2.24. The van der Waals surface area contributed by atoms with Crippen LogP contribution in [0.3, 0.4) is 0 Å². The summed E-state index contributed by atoms with van der Waals surface area (Å²) in [5.41, 5.74) is 0. The number of hydrogen-bond donors (Lipinski definition) is 1. The van der Waals surface area contributed by atoms with Gasteiger partial charge in [-0.15, -0.1) is 0 Å². The highest BCUT2D eigenvalue weighted by molar-refractivity contribution is 7.89. The van der Waals surface area contributed by atoms with Gasteiger partial charge in [-0.05, 0) is 55.2 Å². The van der Waals surface area contributed by atoms with Crippen molar-refractivity contribution in [2.75, 3.05) is 33.3 Å². The molecule has 0 unspecified atom stereocenters. The van der Waals surface area contributed by atoms with E-state index < -0.39 is 10.0 Å². The smallest absolute Gasteiger partial charge is 0.243 e. The molecular formula is C19H29N3O3S2. The number of sulfonamides is 1. The number of nitrogens with zero attached hydrogens (tertiary/aromatic N) is 2. The molecule has 1 aromatic rings. The van der Waals surface area contributed by atoms with Crippen LogP contribution in [0, 0.1) is 5.92 Å². The highest BCUT2D eigenvalue weighted by atomic mass is 32.2. The van der Waals surface area contributed by atoms with Gasteiger partial charge in [0.1, 0.15) is 5.75 Å². The van der Waals surface area contributed by atoms with Crippen molar-refractivity contribution in [3.63, 3.8) is 0 Å². The molecule has 27 heavy (non-hydrogen) atoms. The van der Waals surface area contributed by atoms with E-state index in [1.807, 2.05) is 0 Å². The molecule has 2 fully saturated rings. The third-order valence-electron chi connectivity index (χ3n) is 5.64. The van der Waals surface area contributed by atoms with Gasteiger partial charge in [0.15, 0.2) is 5.11 Å². The molecule has 1 aromatic carbocycles. The molecule has 150 valence electrons. The van der Waals surface area contributed by atoms with Gasteiger partial charge in [0.2, 0.25) is 10.0 Å². The SMILES string of the molecule is COc1ccc(S(=O)(=O)N2CCN(C(=S)N[C@@H]3CCCC[C@@H]3C)CC2)cc1. The van der Waals surface area contributed by atoms with Crippen molar-refractivity contribution in [1.82, 2.24) is 14.5 Å². The van der Waals surface area contributed by atoms with Gasteiger partial charge in [0.25, 0.3) is 0 Å². The fourth-order valence-corrected chi connectivity index (χ4v) is 5.57. The summed E-state index contributed by atoms with van der Waals surface area (Å²) < 4.78 is 32.3. The molecule has 0 aromatic heterocycles. The molecule has 1 heterocycles. The normalized spacial score (nSPS) is 24.4. The quantitative estimate of drug-likeness (QED) is 0.768. The van der Waals surface area contributed by atoms with Crippen LogP contribution in [0.4, 0.5) is 0 Å². The second kappa shape index (κ2) is 8.75. The summed E-state index contributed by atoms with van der Waals surface area (Å²) in [6, 6.07) is 6.97. The number of hydrogen-bond acceptors (Lipinski definition) is 4. The zero-order valence-corrected chi connectivity index (χ0v) is 17.7. The lowest BCUT2D eigenvalue weighted by Gasteiger charge is -2.38. The molecule has 3 rings (SSSR count). The average molecular weight is 412 g/mol. The molecule has 1 aliphatic heterocycles. The number of methoxy groups -OCH3 is 1. The van der Waals surface area contributed by atoms with Crippen LogP contribution in [-0.2, 0) is 10.0 Å². The predicted octanol–water partition coefficient (Wildman–Crippen LogP) is 2.45. The Labute approximate surface area is 167 Å². The number of ether oxygens (including phenoxy) is 1. The molecule has 6 nitrogen and oxygen atoms in total. The first-order valence-electron chi connectivity index (χ1n) is 9.61. The fourth-order valence-electron chi connectivity index (χ4n) is 3.81. The van der Waals surface area contributed by atoms with E-state index in [1.54, 1.807) is 31.4 Å². The first-order chi connectivity index (χ1) is 12.9. The van der Waals surface area contributed by atoms with Crippen LogP contribution >= 0.6 is 12.2 Å². The van der Waals surface area contributed by atoms with Crippen molar-refractivity contribution in [2.45, 2.75) is 43.5 Å². The summed E-state index contributed by atoms with van der Waals surface area (Å²) in [5.74, 6) is 1.28. The molecule has 0 spiro atoms. The molecule has 0 amide bonds. The minimum atomic E-state index is -3.48. The van der Waals surface area contributed by atoms with Crippen LogP contribution in [-0.4, -0.2) is 62.1 Å². The molecule has 0 radical (unpaired) electrons. The first-order valence-corrected chi connectivity index (χ1v) is 11.5. The van der Waals surface area contributed by atoms with Crippen LogP contribution in [0.25, 0.3) is 0 Å². The molecule has 1 saturated carbocycles. The summed E-state index contributed by atoms with van der Waals surface area (Å²) in [4.78, 5) is 2.39. The third-order valence-corrected chi connectivity index (χ3v) is 7.93. The average Bonchev–Trinajstić information content (AvgIpc) is 2.70. The maximum absolute atomic E-state index is 12.8. The van der Waals surface area contributed by atoms with Crippen molar-refractivity contribution >= 4 is 27.4 Å². The van der Waals surface area contributed by atoms with Gasteiger partial charge in [-0.1, -0.05) is 19.8 Å². The molecule has 8 heteroatoms. The Bertz CT molecular complexity index is 744. The number of piperazine rings is 1. The number of benzene rings is 1. The lowest BCUT2D eigenvalue weighted by molar-refractivity contribution is 0.251. The van der Waals surface area contributed by atoms with Crippen LogP contribution in [0.1, 0.15) is 32.6 Å². The van der Waals surface area contributed by atoms with Crippen molar-refractivity contribution in [1.29, 1.82) is 0 Å². The van der Waals surface area contributed by atoms with E-state index >= 15 is 0 Å². The van der Waals surface area contributed by atoms with E-state index in [2.05, 4.69) is 17.1 Å². The first kappa shape index (κ1) is 20.4. The van der Waals surface area contributed by atoms with E-state index in [1.165, 1.54) is 23.6 Å². The number of thiocarbonyl (C=S) groups is 1. The summed E-state index contributed by atoms with van der Waals surface area (Å²) in [7, 11) is -1.92. The Morgan fingerprint density at radius 3 is 2.33 bits per heavy atom. The van der Waals surface area contributed by atoms with Crippen LogP contribution < -0.4 is 10.1 Å². The fraction of sp³-hybridized carbons (Fsp3) is 0.632. The van der Waals surface area contributed by atoms with Crippen molar-refractivity contribution in [3.05, 3.63) is 24.3 Å². The molecule has 2 aliphatic rings. The van der Waals surface area contributed by atoms with Gasteiger partial charge in [-0.25, -0.2) is 8.42 Å². The predicted molar refractivity (Wildman–Crippen MR) is 110 cm³/mol. The van der Waals surface area contributed by atoms with E-state index in [4.69, 9.17) is 17.0 Å². The molecule has 1 saturated heterocycles. The largest absolute Gasteiger partial charge is 0.497 e. The summed E-state index contributed by atoms with van der Waals surface area (Å²) >= 11 is 5.59. The van der Waals surface area contributed by atoms with E-state index in [0.717, 1.165) is 11.5 Å². The third kappa shape index (κ3) is 4.73. The summed E-state index contributed by atoms with van der Waals surface area (Å²) in [6.45, 7) is 4.39. The van der Waals surface area contributed by atoms with Gasteiger partial charge in [0, 0.05) is 32.2 Å². The lowest BCUT2D eigenvalue weighted by Crippen LogP contribution is -2.55. The van der Waals surface area contributed by atoms with Crippen LogP contribution in [0.2, 0.25) is 0 Å². The molecule has 0 bridgehead atoms. The zero-order valence-electron chi connectivity index (χ0n) is 16.1. The maximum atomic E-state index is 12.8. The maximum Gasteiger partial charge on any atom is 0.243 e. The Hall–Kier alpha value is -1.38. The topological polar surface area (TPSA) is 61.9 Å². The van der Waals surface area contributed by atoms with Gasteiger partial charge in [-0.2, -0.15) is 4.31 Å². The zero-order chi connectivity index (χ0) is 19.4. The van der Waals surface area contributed by atoms with E-state index in [0.29, 0.717) is 48.8 Å². The van der Waals surface area contributed by atoms with E-state index in [9.17, 15) is 8.42 Å². The second-order valence-corrected chi connectivity index (χ2v) is 9.71. The summed E-state index contributed by atoms with van der Waals surface area (Å²) in [5, 5.41) is 4.27. The molecule has 2 atom stereocenters. The number of rotatable bonds is 4. The van der Waals surface area contributed by atoms with Crippen LogP contribution in [0.15, 0.2) is 29.2 Å². The molecule has 1 aliphatic carbocycles. The monoisotopic (exact) mass is 411 g/mol. The number of nitrogens with one attached hydrogen (secondary N) is 1. The summed E-state index contributed by atoms with van der Waals surface area (Å²) in [6.07, 6.45) is 4.95. The van der Waals surface area contributed by atoms with Crippen molar-refractivity contribution in [2.24, 2.45) is 5.92 Å². The minimum Gasteiger partial charge on any atom is -0.497 e. The Morgan fingerprint density at radius 2 is 1.74 bits per heavy atom. The van der Waals surface area contributed by atoms with Crippen LogP contribution in [0.5, 0.6) is 5.75 Å². The molecular weight excluding hydrogens is 382 g/mol. The molecule has 1 N–H and O–H groups in total. The minimum absolute atomic E-state index is 0.300. The standard InChI is InChI=1S/C19H29N3O3S2/c1-15-5-3-4-6-18(15)20-19(26)21-11-13-22(14-12-21)27(23,24)17-9-7-16(25-2)8-10-17/h7-10,15,18H,3-6,11-14H2,1-2H3,(H,20,26)/t15-,18+/m0/s1. The Kier molecular flexibility index (Phi) is 6.60. The second-order valence-electron chi connectivity index (χ2n) is 7.38. The van der Waals surface area contributed by atoms with Gasteiger partial charge in [0.05, 0.1) is 12.0 Å². The van der Waals surface area contributed by atoms with E-state index in [-0.39, 0.29) is 0 Å². The Balaban J connectivity index is 1.56. The Morgan fingerprint density at radius 1 is 1.11 bits per heavy atom.